The van der Waals surface area contributed by atoms with Crippen LogP contribution >= 0.6 is 0 Å². The van der Waals surface area contributed by atoms with Crippen LogP contribution in [0.25, 0.3) is 0 Å². The van der Waals surface area contributed by atoms with Crippen molar-refractivity contribution in [3.8, 4) is 0 Å². The number of ether oxygens (including phenoxy) is 8. The van der Waals surface area contributed by atoms with Gasteiger partial charge in [0.1, 0.15) is 61.5 Å². The van der Waals surface area contributed by atoms with Gasteiger partial charge in [-0.05, 0) is 81.6 Å². The number of hydrogen-bond donors (Lipinski definition) is 10. The third-order valence-corrected chi connectivity index (χ3v) is 16.5. The number of aliphatic hydroxyl groups excluding tert-OH is 8. The zero-order valence-electron chi connectivity index (χ0n) is 35.0. The van der Waals surface area contributed by atoms with Crippen molar-refractivity contribution in [2.75, 3.05) is 33.5 Å². The van der Waals surface area contributed by atoms with Gasteiger partial charge in [0.15, 0.2) is 18.9 Å². The van der Waals surface area contributed by atoms with Crippen LogP contribution in [0.3, 0.4) is 0 Å². The van der Waals surface area contributed by atoms with Gasteiger partial charge in [0, 0.05) is 36.9 Å². The topological polar surface area (TPSA) is 293 Å². The largest absolute Gasteiger partial charge is 0.458 e. The van der Waals surface area contributed by atoms with Crippen LogP contribution in [-0.2, 0) is 42.7 Å². The quantitative estimate of drug-likeness (QED) is 0.0784. The molecule has 4 heterocycles. The lowest BCUT2D eigenvalue weighted by molar-refractivity contribution is -0.356. The summed E-state index contributed by atoms with van der Waals surface area (Å²) in [6.07, 6.45) is -12.3. The predicted octanol–water partition coefficient (Wildman–Crippen LogP) is -2.12. The van der Waals surface area contributed by atoms with Crippen molar-refractivity contribution in [2.24, 2.45) is 28.6 Å². The second-order valence-corrected chi connectivity index (χ2v) is 19.3. The van der Waals surface area contributed by atoms with Crippen LogP contribution in [0.4, 0.5) is 0 Å². The number of esters is 1. The van der Waals surface area contributed by atoms with Gasteiger partial charge in [0.25, 0.3) is 0 Å². The Bertz CT molecular complexity index is 1600. The molecule has 22 atom stereocenters. The maximum absolute atomic E-state index is 12.6. The zero-order valence-corrected chi connectivity index (χ0v) is 35.0. The van der Waals surface area contributed by atoms with Gasteiger partial charge in [0.05, 0.1) is 49.3 Å². The van der Waals surface area contributed by atoms with Crippen molar-refractivity contribution in [3.63, 3.8) is 0 Å². The molecule has 0 radical (unpaired) electrons. The number of fused-ring (bicyclic) bond motifs is 5. The first-order valence-corrected chi connectivity index (χ1v) is 22.0. The number of aliphatic hydroxyl groups is 10. The minimum absolute atomic E-state index is 0.0307. The van der Waals surface area contributed by atoms with E-state index in [1.807, 2.05) is 0 Å². The number of carbonyl (C=O) groups excluding carboxylic acids is 1. The molecule has 0 spiro atoms. The summed E-state index contributed by atoms with van der Waals surface area (Å²) in [4.78, 5) is 12.0. The SMILES string of the molecule is CO[C@H]1C[C@H](O[C@H]2CC[C@]3(CO)[C@H]4CC[C@]5(C)[C@@H](C6=CC(=O)OC6)CC[C@]5(O)[C@@H]4CC[C@]3(O)C2)O[C@H](C)[C@H]1O[C@@H]1O[C@H](CO[C@@H]2O[C@H](CO)[C@@H](O)[C@H](O)[C@H]2O)[C@@H](O)[C@H](O)[C@H]1O. The van der Waals surface area contributed by atoms with E-state index in [1.54, 1.807) is 13.0 Å². The van der Waals surface area contributed by atoms with Gasteiger partial charge < -0.3 is 89.0 Å². The summed E-state index contributed by atoms with van der Waals surface area (Å²) in [6.45, 7) is 2.71. The monoisotopic (exact) mass is 874 g/mol. The third kappa shape index (κ3) is 7.63. The van der Waals surface area contributed by atoms with Crippen LogP contribution < -0.4 is 0 Å². The molecule has 0 aromatic heterocycles. The van der Waals surface area contributed by atoms with E-state index < -0.39 is 127 Å². The molecule has 4 aliphatic heterocycles. The fraction of sp³-hybridized carbons (Fsp3) is 0.929. The summed E-state index contributed by atoms with van der Waals surface area (Å²) in [6, 6.07) is 0. The molecule has 19 heteroatoms. The number of rotatable bonds is 11. The summed E-state index contributed by atoms with van der Waals surface area (Å²) < 4.78 is 46.8. The molecule has 8 rings (SSSR count). The third-order valence-electron chi connectivity index (χ3n) is 16.5. The van der Waals surface area contributed by atoms with Crippen molar-refractivity contribution in [1.82, 2.24) is 0 Å². The normalized spacial score (nSPS) is 53.7. The van der Waals surface area contributed by atoms with E-state index in [0.717, 1.165) is 18.4 Å². The molecule has 19 nitrogen and oxygen atoms in total. The van der Waals surface area contributed by atoms with Crippen LogP contribution in [0.1, 0.15) is 78.1 Å². The van der Waals surface area contributed by atoms with Gasteiger partial charge in [-0.15, -0.1) is 0 Å². The fourth-order valence-electron chi connectivity index (χ4n) is 13.1. The zero-order chi connectivity index (χ0) is 43.8. The molecule has 0 aromatic carbocycles. The van der Waals surface area contributed by atoms with Gasteiger partial charge in [0.2, 0.25) is 0 Å². The Labute approximate surface area is 354 Å². The van der Waals surface area contributed by atoms with E-state index in [1.165, 1.54) is 7.11 Å². The smallest absolute Gasteiger partial charge is 0.331 e. The Morgan fingerprint density at radius 1 is 0.787 bits per heavy atom. The van der Waals surface area contributed by atoms with Gasteiger partial charge in [-0.2, -0.15) is 0 Å². The van der Waals surface area contributed by atoms with Crippen molar-refractivity contribution in [2.45, 2.75) is 181 Å². The molecule has 10 N–H and O–H groups in total. The molecule has 61 heavy (non-hydrogen) atoms. The standard InChI is InChI=1S/C42H66O19/c1-19-36(61-38-35(51)33(49)31(47)27(60-38)17-56-37-34(50)32(48)30(46)26(15-43)59-37)25(54-3)13-29(57-19)58-21-4-9-40(18-44)23-5-8-39(2)22(20-12-28(45)55-16-20)7-11-42(39,53)24(23)6-10-41(40,52)14-21/h12,19,21-27,29-38,43-44,46-53H,4-11,13-18H2,1-3H3/t19-,21+,22-,23+,24-,25+,26-,27-,29+,30-,31-,32+,33+,34-,35-,36-,37-,38+,39-,40+,41+,42+/m1/s1. The molecule has 3 saturated heterocycles. The average Bonchev–Trinajstić information content (AvgIpc) is 3.79. The maximum atomic E-state index is 12.6. The number of hydrogen-bond acceptors (Lipinski definition) is 19. The second kappa shape index (κ2) is 17.4. The van der Waals surface area contributed by atoms with Gasteiger partial charge in [-0.25, -0.2) is 4.79 Å². The summed E-state index contributed by atoms with van der Waals surface area (Å²) in [5.41, 5.74) is -2.60. The molecule has 0 bridgehead atoms. The van der Waals surface area contributed by atoms with E-state index in [0.29, 0.717) is 38.5 Å². The first kappa shape index (κ1) is 46.1. The van der Waals surface area contributed by atoms with E-state index in [-0.39, 0.29) is 49.8 Å². The van der Waals surface area contributed by atoms with Gasteiger partial charge in [-0.1, -0.05) is 6.92 Å². The van der Waals surface area contributed by atoms with E-state index in [9.17, 15) is 55.9 Å². The minimum atomic E-state index is -1.75. The Morgan fingerprint density at radius 2 is 1.48 bits per heavy atom. The minimum Gasteiger partial charge on any atom is -0.458 e. The van der Waals surface area contributed by atoms with Gasteiger partial charge in [-0.3, -0.25) is 0 Å². The number of carbonyl (C=O) groups is 1. The lowest BCUT2D eigenvalue weighted by atomic mass is 9.41. The second-order valence-electron chi connectivity index (χ2n) is 19.3. The molecular formula is C42H66O19. The lowest BCUT2D eigenvalue weighted by Gasteiger charge is -2.66. The van der Waals surface area contributed by atoms with Crippen molar-refractivity contribution < 1.29 is 93.8 Å². The van der Waals surface area contributed by atoms with Crippen LogP contribution in [0.5, 0.6) is 0 Å². The van der Waals surface area contributed by atoms with Gasteiger partial charge >= 0.3 is 5.97 Å². The molecule has 8 aliphatic rings. The summed E-state index contributed by atoms with van der Waals surface area (Å²) >= 11 is 0. The first-order chi connectivity index (χ1) is 28.9. The summed E-state index contributed by atoms with van der Waals surface area (Å²) in [5, 5.41) is 109. The molecule has 0 amide bonds. The Morgan fingerprint density at radius 3 is 2.15 bits per heavy atom. The number of cyclic esters (lactones) is 1. The fourth-order valence-corrected chi connectivity index (χ4v) is 13.1. The molecule has 7 fully saturated rings. The molecule has 4 aliphatic carbocycles. The molecule has 348 valence electrons. The maximum Gasteiger partial charge on any atom is 0.331 e. The predicted molar refractivity (Wildman–Crippen MR) is 204 cm³/mol. The van der Waals surface area contributed by atoms with Crippen LogP contribution in [0.2, 0.25) is 0 Å². The number of methoxy groups -OCH3 is 1. The van der Waals surface area contributed by atoms with E-state index in [4.69, 9.17) is 37.9 Å². The van der Waals surface area contributed by atoms with Crippen LogP contribution in [0.15, 0.2) is 11.6 Å². The van der Waals surface area contributed by atoms with E-state index in [2.05, 4.69) is 6.92 Å². The van der Waals surface area contributed by atoms with Crippen LogP contribution in [0, 0.1) is 28.6 Å². The molecule has 0 aromatic rings. The average molecular weight is 875 g/mol. The van der Waals surface area contributed by atoms with Crippen molar-refractivity contribution >= 4 is 5.97 Å². The highest BCUT2D eigenvalue weighted by atomic mass is 16.8. The summed E-state index contributed by atoms with van der Waals surface area (Å²) in [7, 11) is 1.48. The Kier molecular flexibility index (Phi) is 13.1. The van der Waals surface area contributed by atoms with Crippen molar-refractivity contribution in [3.05, 3.63) is 11.6 Å². The highest BCUT2D eigenvalue weighted by Gasteiger charge is 2.71. The molecular weight excluding hydrogens is 808 g/mol. The highest BCUT2D eigenvalue weighted by molar-refractivity contribution is 5.85. The Balaban J connectivity index is 0.885. The summed E-state index contributed by atoms with van der Waals surface area (Å²) in [5.74, 6) is -0.538. The van der Waals surface area contributed by atoms with E-state index >= 15 is 0 Å². The molecule has 4 saturated carbocycles. The molecule has 0 unspecified atom stereocenters. The Hall–Kier alpha value is -1.47. The van der Waals surface area contributed by atoms with Crippen molar-refractivity contribution in [1.29, 1.82) is 0 Å². The highest BCUT2D eigenvalue weighted by Crippen LogP contribution is 2.70. The van der Waals surface area contributed by atoms with Crippen LogP contribution in [-0.4, -0.2) is 194 Å². The first-order valence-electron chi connectivity index (χ1n) is 22.0. The lowest BCUT2D eigenvalue weighted by Crippen LogP contribution is -2.69.